The van der Waals surface area contributed by atoms with Crippen molar-refractivity contribution in [2.45, 2.75) is 19.8 Å². The molecule has 5 heteroatoms. The maximum Gasteiger partial charge on any atom is 0.332 e. The molecule has 2 N–H and O–H groups in total. The van der Waals surface area contributed by atoms with Gasteiger partial charge in [0.05, 0.1) is 12.0 Å². The number of carbonyl (C=O) groups is 3. The molecule has 0 unspecified atom stereocenters. The third-order valence-electron chi connectivity index (χ3n) is 3.78. The van der Waals surface area contributed by atoms with Crippen molar-refractivity contribution < 1.29 is 24.6 Å². The van der Waals surface area contributed by atoms with Crippen LogP contribution in [0.3, 0.4) is 0 Å². The van der Waals surface area contributed by atoms with Gasteiger partial charge in [-0.25, -0.2) is 4.79 Å². The van der Waals surface area contributed by atoms with Crippen molar-refractivity contribution in [1.82, 2.24) is 0 Å². The topological polar surface area (TPSA) is 91.7 Å². The highest BCUT2D eigenvalue weighted by atomic mass is 16.4. The monoisotopic (exact) mass is 338 g/mol. The molecule has 2 aromatic carbocycles. The molecule has 0 aliphatic carbocycles. The van der Waals surface area contributed by atoms with Crippen molar-refractivity contribution in [3.05, 3.63) is 76.9 Å². The van der Waals surface area contributed by atoms with Crippen LogP contribution >= 0.6 is 0 Å². The standard InChI is InChI=1S/C20H18O5/c1-13-7-9-15(10-8-13)18(21)11-16(14-5-3-2-4-6-14)17(20(24)25)12-19(22)23/h2-10H,11-12H2,1H3,(H,22,23)(H,24,25). The van der Waals surface area contributed by atoms with E-state index >= 15 is 0 Å². The molecule has 0 spiro atoms. The first-order valence-electron chi connectivity index (χ1n) is 7.71. The van der Waals surface area contributed by atoms with Crippen LogP contribution in [-0.4, -0.2) is 27.9 Å². The Bertz CT molecular complexity index is 817. The molecule has 128 valence electrons. The SMILES string of the molecule is Cc1ccc(C(=O)CC(=C(CC(=O)O)C(=O)O)c2ccccc2)cc1. The number of rotatable bonds is 7. The largest absolute Gasteiger partial charge is 0.481 e. The Labute approximate surface area is 145 Å². The Morgan fingerprint density at radius 3 is 1.92 bits per heavy atom. The Morgan fingerprint density at radius 2 is 1.40 bits per heavy atom. The molecular weight excluding hydrogens is 320 g/mol. The van der Waals surface area contributed by atoms with Crippen LogP contribution < -0.4 is 0 Å². The number of hydrogen-bond donors (Lipinski definition) is 2. The van der Waals surface area contributed by atoms with Crippen molar-refractivity contribution in [1.29, 1.82) is 0 Å². The van der Waals surface area contributed by atoms with Crippen LogP contribution in [0.15, 0.2) is 60.2 Å². The second-order valence-corrected chi connectivity index (χ2v) is 5.66. The number of carbonyl (C=O) groups excluding carboxylic acids is 1. The number of hydrogen-bond acceptors (Lipinski definition) is 3. The summed E-state index contributed by atoms with van der Waals surface area (Å²) in [7, 11) is 0. The van der Waals surface area contributed by atoms with E-state index in [0.29, 0.717) is 11.1 Å². The van der Waals surface area contributed by atoms with Crippen molar-refractivity contribution in [2.24, 2.45) is 0 Å². The average molecular weight is 338 g/mol. The lowest BCUT2D eigenvalue weighted by atomic mass is 9.91. The first kappa shape index (κ1) is 18.1. The highest BCUT2D eigenvalue weighted by Gasteiger charge is 2.21. The Morgan fingerprint density at radius 1 is 0.800 bits per heavy atom. The van der Waals surface area contributed by atoms with Gasteiger partial charge in [0.25, 0.3) is 0 Å². The summed E-state index contributed by atoms with van der Waals surface area (Å²) in [6.45, 7) is 1.90. The molecule has 0 atom stereocenters. The smallest absolute Gasteiger partial charge is 0.332 e. The second-order valence-electron chi connectivity index (χ2n) is 5.66. The van der Waals surface area contributed by atoms with E-state index in [1.807, 2.05) is 6.92 Å². The predicted molar refractivity (Wildman–Crippen MR) is 93.4 cm³/mol. The highest BCUT2D eigenvalue weighted by Crippen LogP contribution is 2.26. The minimum atomic E-state index is -1.34. The fraction of sp³-hybridized carbons (Fsp3) is 0.150. The van der Waals surface area contributed by atoms with Gasteiger partial charge in [0, 0.05) is 12.0 Å². The Kier molecular flexibility index (Phi) is 5.84. The van der Waals surface area contributed by atoms with Crippen LogP contribution in [0.5, 0.6) is 0 Å². The summed E-state index contributed by atoms with van der Waals surface area (Å²) in [5.74, 6) is -2.85. The number of aryl methyl sites for hydroxylation is 1. The van der Waals surface area contributed by atoms with Gasteiger partial charge in [0.1, 0.15) is 0 Å². The molecule has 2 aromatic rings. The van der Waals surface area contributed by atoms with Crippen LogP contribution in [0.4, 0.5) is 0 Å². The number of aliphatic carboxylic acids is 2. The summed E-state index contributed by atoms with van der Waals surface area (Å²) < 4.78 is 0. The lowest BCUT2D eigenvalue weighted by Crippen LogP contribution is -2.12. The normalized spacial score (nSPS) is 11.6. The molecule has 0 radical (unpaired) electrons. The first-order valence-corrected chi connectivity index (χ1v) is 7.71. The maximum absolute atomic E-state index is 12.6. The summed E-state index contributed by atoms with van der Waals surface area (Å²) in [5.41, 5.74) is 1.94. The van der Waals surface area contributed by atoms with Crippen LogP contribution in [0.1, 0.15) is 34.3 Å². The van der Waals surface area contributed by atoms with E-state index in [-0.39, 0.29) is 23.4 Å². The summed E-state index contributed by atoms with van der Waals surface area (Å²) >= 11 is 0. The number of allylic oxidation sites excluding steroid dienone is 1. The van der Waals surface area contributed by atoms with E-state index in [4.69, 9.17) is 5.11 Å². The fourth-order valence-corrected chi connectivity index (χ4v) is 2.49. The first-order chi connectivity index (χ1) is 11.9. The predicted octanol–water partition coefficient (Wildman–Crippen LogP) is 3.58. The Balaban J connectivity index is 2.47. The number of carboxylic acid groups (broad SMARTS) is 2. The maximum atomic E-state index is 12.6. The van der Waals surface area contributed by atoms with Gasteiger partial charge >= 0.3 is 11.9 Å². The summed E-state index contributed by atoms with van der Waals surface area (Å²) in [5, 5.41) is 18.5. The Hall–Kier alpha value is -3.21. The number of ketones is 1. The molecule has 0 saturated carbocycles. The van der Waals surface area contributed by atoms with Gasteiger partial charge in [-0.05, 0) is 18.1 Å². The van der Waals surface area contributed by atoms with E-state index in [1.54, 1.807) is 54.6 Å². The molecule has 0 fully saturated rings. The zero-order chi connectivity index (χ0) is 18.4. The molecule has 0 heterocycles. The van der Waals surface area contributed by atoms with E-state index in [2.05, 4.69) is 0 Å². The summed E-state index contributed by atoms with van der Waals surface area (Å²) in [6, 6.07) is 15.5. The second kappa shape index (κ2) is 8.06. The van der Waals surface area contributed by atoms with Crippen molar-refractivity contribution in [3.8, 4) is 0 Å². The van der Waals surface area contributed by atoms with Gasteiger partial charge in [0.2, 0.25) is 0 Å². The van der Waals surface area contributed by atoms with E-state index in [1.165, 1.54) is 0 Å². The number of Topliss-reactive ketones (excluding diaryl/α,β-unsaturated/α-hetero) is 1. The summed E-state index contributed by atoms with van der Waals surface area (Å²) in [4.78, 5) is 35.2. The van der Waals surface area contributed by atoms with Gasteiger partial charge in [0.15, 0.2) is 5.78 Å². The van der Waals surface area contributed by atoms with E-state index < -0.39 is 18.4 Å². The molecule has 0 aliphatic rings. The molecule has 0 amide bonds. The molecule has 0 aliphatic heterocycles. The lowest BCUT2D eigenvalue weighted by molar-refractivity contribution is -0.139. The molecule has 0 aromatic heterocycles. The van der Waals surface area contributed by atoms with E-state index in [0.717, 1.165) is 5.56 Å². The van der Waals surface area contributed by atoms with Crippen molar-refractivity contribution >= 4 is 23.3 Å². The third-order valence-corrected chi connectivity index (χ3v) is 3.78. The van der Waals surface area contributed by atoms with E-state index in [9.17, 15) is 19.5 Å². The van der Waals surface area contributed by atoms with Crippen molar-refractivity contribution in [2.75, 3.05) is 0 Å². The number of benzene rings is 2. The molecule has 2 rings (SSSR count). The van der Waals surface area contributed by atoms with Crippen LogP contribution in [-0.2, 0) is 9.59 Å². The van der Waals surface area contributed by atoms with Gasteiger partial charge in [-0.3, -0.25) is 9.59 Å². The minimum absolute atomic E-state index is 0.179. The number of carboxylic acids is 2. The highest BCUT2D eigenvalue weighted by molar-refractivity contribution is 6.08. The fourth-order valence-electron chi connectivity index (χ4n) is 2.49. The zero-order valence-corrected chi connectivity index (χ0v) is 13.7. The molecular formula is C20H18O5. The van der Waals surface area contributed by atoms with Gasteiger partial charge in [-0.15, -0.1) is 0 Å². The average Bonchev–Trinajstić information content (AvgIpc) is 2.58. The lowest BCUT2D eigenvalue weighted by Gasteiger charge is -2.12. The summed E-state index contributed by atoms with van der Waals surface area (Å²) in [6.07, 6.45) is -0.831. The van der Waals surface area contributed by atoms with Gasteiger partial charge in [-0.1, -0.05) is 60.2 Å². The van der Waals surface area contributed by atoms with Crippen LogP contribution in [0, 0.1) is 6.92 Å². The molecule has 5 nitrogen and oxygen atoms in total. The molecule has 0 bridgehead atoms. The third kappa shape index (κ3) is 4.88. The van der Waals surface area contributed by atoms with Gasteiger partial charge in [-0.2, -0.15) is 0 Å². The quantitative estimate of drug-likeness (QED) is 0.595. The van der Waals surface area contributed by atoms with Crippen LogP contribution in [0.2, 0.25) is 0 Å². The van der Waals surface area contributed by atoms with Crippen LogP contribution in [0.25, 0.3) is 5.57 Å². The zero-order valence-electron chi connectivity index (χ0n) is 13.7. The minimum Gasteiger partial charge on any atom is -0.481 e. The molecule has 0 saturated heterocycles. The molecule has 25 heavy (non-hydrogen) atoms. The van der Waals surface area contributed by atoms with Crippen molar-refractivity contribution in [3.63, 3.8) is 0 Å². The van der Waals surface area contributed by atoms with Gasteiger partial charge < -0.3 is 10.2 Å².